The van der Waals surface area contributed by atoms with E-state index >= 15 is 0 Å². The molecule has 0 spiro atoms. The summed E-state index contributed by atoms with van der Waals surface area (Å²) < 4.78 is 0. The third-order valence-electron chi connectivity index (χ3n) is 4.22. The van der Waals surface area contributed by atoms with Crippen molar-refractivity contribution in [3.63, 3.8) is 0 Å². The van der Waals surface area contributed by atoms with Crippen molar-refractivity contribution in [1.82, 2.24) is 15.1 Å². The molecule has 0 aromatic heterocycles. The van der Waals surface area contributed by atoms with Gasteiger partial charge in [0, 0.05) is 24.7 Å². The van der Waals surface area contributed by atoms with Crippen LogP contribution in [0, 0.1) is 0 Å². The standard InChI is InChI=1S/C15H33N3/c1-6-16-14-8-10-15(11-9-14)18(7-2)13(3)12-17(4)5/h13-16H,6-12H2,1-5H3. The van der Waals surface area contributed by atoms with Gasteiger partial charge in [-0.05, 0) is 59.8 Å². The molecule has 0 bridgehead atoms. The molecule has 0 heterocycles. The first kappa shape index (κ1) is 15.9. The Morgan fingerprint density at radius 1 is 1.11 bits per heavy atom. The predicted molar refractivity (Wildman–Crippen MR) is 80.1 cm³/mol. The van der Waals surface area contributed by atoms with Gasteiger partial charge in [0.25, 0.3) is 0 Å². The highest BCUT2D eigenvalue weighted by Crippen LogP contribution is 2.24. The van der Waals surface area contributed by atoms with Gasteiger partial charge < -0.3 is 10.2 Å². The molecule has 1 N–H and O–H groups in total. The Bertz CT molecular complexity index is 210. The molecule has 1 atom stereocenters. The summed E-state index contributed by atoms with van der Waals surface area (Å²) in [6.45, 7) is 10.4. The van der Waals surface area contributed by atoms with Gasteiger partial charge in [0.15, 0.2) is 0 Å². The quantitative estimate of drug-likeness (QED) is 0.752. The van der Waals surface area contributed by atoms with Crippen LogP contribution in [0.5, 0.6) is 0 Å². The molecule has 108 valence electrons. The molecule has 3 nitrogen and oxygen atoms in total. The molecule has 1 aliphatic rings. The van der Waals surface area contributed by atoms with Crippen LogP contribution in [0.25, 0.3) is 0 Å². The zero-order valence-electron chi connectivity index (χ0n) is 13.1. The van der Waals surface area contributed by atoms with Gasteiger partial charge in [0.1, 0.15) is 0 Å². The number of nitrogens with one attached hydrogen (secondary N) is 1. The summed E-state index contributed by atoms with van der Waals surface area (Å²) in [6, 6.07) is 2.25. The first-order valence-corrected chi connectivity index (χ1v) is 7.72. The van der Waals surface area contributed by atoms with Gasteiger partial charge in [-0.25, -0.2) is 0 Å². The molecular weight excluding hydrogens is 222 g/mol. The van der Waals surface area contributed by atoms with E-state index in [-0.39, 0.29) is 0 Å². The fourth-order valence-corrected chi connectivity index (χ4v) is 3.46. The van der Waals surface area contributed by atoms with Crippen molar-refractivity contribution in [3.05, 3.63) is 0 Å². The molecule has 0 saturated heterocycles. The minimum Gasteiger partial charge on any atom is -0.314 e. The van der Waals surface area contributed by atoms with Crippen molar-refractivity contribution in [1.29, 1.82) is 0 Å². The molecular formula is C15H33N3. The van der Waals surface area contributed by atoms with Crippen molar-refractivity contribution >= 4 is 0 Å². The van der Waals surface area contributed by atoms with Gasteiger partial charge in [-0.1, -0.05) is 13.8 Å². The lowest BCUT2D eigenvalue weighted by Gasteiger charge is -2.40. The van der Waals surface area contributed by atoms with E-state index in [1.165, 1.54) is 38.8 Å². The fraction of sp³-hybridized carbons (Fsp3) is 1.00. The van der Waals surface area contributed by atoms with Crippen LogP contribution in [0.1, 0.15) is 46.5 Å². The lowest BCUT2D eigenvalue weighted by atomic mass is 9.89. The summed E-state index contributed by atoms with van der Waals surface area (Å²) >= 11 is 0. The van der Waals surface area contributed by atoms with Crippen LogP contribution in [-0.2, 0) is 0 Å². The lowest BCUT2D eigenvalue weighted by molar-refractivity contribution is 0.0946. The van der Waals surface area contributed by atoms with Crippen LogP contribution >= 0.6 is 0 Å². The smallest absolute Gasteiger partial charge is 0.0197 e. The Hall–Kier alpha value is -0.120. The zero-order chi connectivity index (χ0) is 13.5. The largest absolute Gasteiger partial charge is 0.314 e. The average Bonchev–Trinajstić information content (AvgIpc) is 2.31. The van der Waals surface area contributed by atoms with E-state index in [4.69, 9.17) is 0 Å². The highest BCUT2D eigenvalue weighted by molar-refractivity contribution is 4.85. The molecule has 1 unspecified atom stereocenters. The second-order valence-electron chi connectivity index (χ2n) is 6.00. The Kier molecular flexibility index (Phi) is 7.20. The van der Waals surface area contributed by atoms with Crippen LogP contribution in [0.4, 0.5) is 0 Å². The maximum Gasteiger partial charge on any atom is 0.0197 e. The summed E-state index contributed by atoms with van der Waals surface area (Å²) in [5.74, 6) is 0. The molecule has 0 aromatic rings. The maximum atomic E-state index is 3.60. The lowest BCUT2D eigenvalue weighted by Crippen LogP contribution is -2.48. The topological polar surface area (TPSA) is 18.5 Å². The van der Waals surface area contributed by atoms with Gasteiger partial charge in [0.05, 0.1) is 0 Å². The van der Waals surface area contributed by atoms with Crippen LogP contribution in [-0.4, -0.2) is 61.7 Å². The van der Waals surface area contributed by atoms with E-state index in [1.54, 1.807) is 0 Å². The van der Waals surface area contributed by atoms with E-state index < -0.39 is 0 Å². The highest BCUT2D eigenvalue weighted by atomic mass is 15.2. The SMILES string of the molecule is CCNC1CCC(N(CC)C(C)CN(C)C)CC1. The first-order chi connectivity index (χ1) is 8.58. The number of rotatable bonds is 7. The predicted octanol–water partition coefficient (Wildman–Crippen LogP) is 2.18. The summed E-state index contributed by atoms with van der Waals surface area (Å²) in [7, 11) is 4.35. The van der Waals surface area contributed by atoms with E-state index in [2.05, 4.69) is 50.0 Å². The maximum absolute atomic E-state index is 3.60. The Balaban J connectivity index is 2.42. The van der Waals surface area contributed by atoms with Crippen molar-refractivity contribution < 1.29 is 0 Å². The van der Waals surface area contributed by atoms with E-state index in [1.807, 2.05) is 0 Å². The molecule has 1 aliphatic carbocycles. The van der Waals surface area contributed by atoms with Crippen molar-refractivity contribution in [3.8, 4) is 0 Å². The van der Waals surface area contributed by atoms with Gasteiger partial charge in [-0.3, -0.25) is 4.90 Å². The fourth-order valence-electron chi connectivity index (χ4n) is 3.46. The summed E-state index contributed by atoms with van der Waals surface area (Å²) in [5.41, 5.74) is 0. The second-order valence-corrected chi connectivity index (χ2v) is 6.00. The number of nitrogens with zero attached hydrogens (tertiary/aromatic N) is 2. The number of hydrogen-bond donors (Lipinski definition) is 1. The molecule has 0 amide bonds. The average molecular weight is 255 g/mol. The van der Waals surface area contributed by atoms with Crippen LogP contribution in [0.2, 0.25) is 0 Å². The van der Waals surface area contributed by atoms with E-state index in [0.717, 1.165) is 18.6 Å². The summed E-state index contributed by atoms with van der Waals surface area (Å²) in [5, 5.41) is 3.60. The monoisotopic (exact) mass is 255 g/mol. The minimum atomic E-state index is 0.672. The first-order valence-electron chi connectivity index (χ1n) is 7.72. The van der Waals surface area contributed by atoms with Crippen LogP contribution in [0.15, 0.2) is 0 Å². The molecule has 0 aromatic carbocycles. The zero-order valence-corrected chi connectivity index (χ0v) is 13.1. The molecule has 3 heteroatoms. The highest BCUT2D eigenvalue weighted by Gasteiger charge is 2.27. The van der Waals surface area contributed by atoms with Gasteiger partial charge >= 0.3 is 0 Å². The second kappa shape index (κ2) is 8.13. The molecule has 0 aliphatic heterocycles. The molecule has 1 fully saturated rings. The normalized spacial score (nSPS) is 26.8. The molecule has 0 radical (unpaired) electrons. The van der Waals surface area contributed by atoms with Crippen LogP contribution in [0.3, 0.4) is 0 Å². The van der Waals surface area contributed by atoms with E-state index in [0.29, 0.717) is 6.04 Å². The summed E-state index contributed by atoms with van der Waals surface area (Å²) in [6.07, 6.45) is 5.43. The van der Waals surface area contributed by atoms with Gasteiger partial charge in [-0.2, -0.15) is 0 Å². The van der Waals surface area contributed by atoms with Crippen molar-refractivity contribution in [2.45, 2.75) is 64.6 Å². The van der Waals surface area contributed by atoms with Crippen molar-refractivity contribution in [2.24, 2.45) is 0 Å². The number of likely N-dealkylation sites (N-methyl/N-ethyl adjacent to an activating group) is 2. The summed E-state index contributed by atoms with van der Waals surface area (Å²) in [4.78, 5) is 5.01. The molecule has 18 heavy (non-hydrogen) atoms. The minimum absolute atomic E-state index is 0.672. The third-order valence-corrected chi connectivity index (χ3v) is 4.22. The van der Waals surface area contributed by atoms with Crippen LogP contribution < -0.4 is 5.32 Å². The van der Waals surface area contributed by atoms with E-state index in [9.17, 15) is 0 Å². The van der Waals surface area contributed by atoms with Gasteiger partial charge in [0.2, 0.25) is 0 Å². The Labute approximate surface area is 114 Å². The Morgan fingerprint density at radius 2 is 1.72 bits per heavy atom. The number of hydrogen-bond acceptors (Lipinski definition) is 3. The molecule has 1 saturated carbocycles. The Morgan fingerprint density at radius 3 is 2.17 bits per heavy atom. The molecule has 1 rings (SSSR count). The third kappa shape index (κ3) is 4.87. The van der Waals surface area contributed by atoms with Gasteiger partial charge in [-0.15, -0.1) is 0 Å². The van der Waals surface area contributed by atoms with Crippen molar-refractivity contribution in [2.75, 3.05) is 33.7 Å².